The van der Waals surface area contributed by atoms with Crippen LogP contribution < -0.4 is 5.32 Å². The van der Waals surface area contributed by atoms with Crippen molar-refractivity contribution in [2.24, 2.45) is 11.3 Å². The van der Waals surface area contributed by atoms with Crippen molar-refractivity contribution in [1.29, 1.82) is 0 Å². The molecule has 0 saturated carbocycles. The molecule has 0 unspecified atom stereocenters. The van der Waals surface area contributed by atoms with Gasteiger partial charge < -0.3 is 14.8 Å². The predicted molar refractivity (Wildman–Crippen MR) is 106 cm³/mol. The van der Waals surface area contributed by atoms with Crippen molar-refractivity contribution in [3.63, 3.8) is 0 Å². The van der Waals surface area contributed by atoms with Gasteiger partial charge in [-0.1, -0.05) is 32.9 Å². The van der Waals surface area contributed by atoms with Gasteiger partial charge in [-0.25, -0.2) is 4.98 Å². The maximum atomic E-state index is 12.4. The smallest absolute Gasteiger partial charge is 0.227 e. The molecule has 1 fully saturated rings. The molecule has 1 aromatic carbocycles. The van der Waals surface area contributed by atoms with Crippen LogP contribution >= 0.6 is 0 Å². The van der Waals surface area contributed by atoms with Crippen LogP contribution in [0.5, 0.6) is 0 Å². The Bertz CT molecular complexity index is 798. The van der Waals surface area contributed by atoms with Gasteiger partial charge in [-0.05, 0) is 31.4 Å². The lowest BCUT2D eigenvalue weighted by molar-refractivity contribution is -0.142. The van der Waals surface area contributed by atoms with E-state index in [-0.39, 0.29) is 23.1 Å². The second-order valence-electron chi connectivity index (χ2n) is 8.39. The van der Waals surface area contributed by atoms with Crippen LogP contribution in [0.2, 0.25) is 0 Å². The number of fused-ring (bicyclic) bond motifs is 1. The molecule has 0 spiro atoms. The summed E-state index contributed by atoms with van der Waals surface area (Å²) in [6, 6.07) is 8.07. The van der Waals surface area contributed by atoms with E-state index >= 15 is 0 Å². The molecule has 0 radical (unpaired) electrons. The molecule has 146 valence electrons. The molecule has 1 aliphatic heterocycles. The van der Waals surface area contributed by atoms with E-state index in [4.69, 9.17) is 0 Å². The Kier molecular flexibility index (Phi) is 5.82. The van der Waals surface area contributed by atoms with Gasteiger partial charge in [-0.3, -0.25) is 9.59 Å². The molecule has 2 amide bonds. The largest absolute Gasteiger partial charge is 0.356 e. The maximum Gasteiger partial charge on any atom is 0.227 e. The fourth-order valence-electron chi connectivity index (χ4n) is 3.61. The van der Waals surface area contributed by atoms with Crippen LogP contribution in [0.3, 0.4) is 0 Å². The summed E-state index contributed by atoms with van der Waals surface area (Å²) >= 11 is 0. The van der Waals surface area contributed by atoms with Crippen molar-refractivity contribution in [2.45, 2.75) is 46.6 Å². The minimum absolute atomic E-state index is 0.0168. The minimum Gasteiger partial charge on any atom is -0.356 e. The number of hydrogen-bond donors (Lipinski definition) is 1. The van der Waals surface area contributed by atoms with Crippen LogP contribution in [-0.4, -0.2) is 45.9 Å². The van der Waals surface area contributed by atoms with Crippen LogP contribution in [0.4, 0.5) is 0 Å². The number of rotatable bonds is 5. The average molecular weight is 370 g/mol. The highest BCUT2D eigenvalue weighted by atomic mass is 16.2. The third-order valence-corrected chi connectivity index (χ3v) is 5.20. The van der Waals surface area contributed by atoms with Crippen molar-refractivity contribution in [3.8, 4) is 0 Å². The molecule has 1 aliphatic rings. The molecular weight excluding hydrogens is 340 g/mol. The monoisotopic (exact) mass is 370 g/mol. The molecule has 6 nitrogen and oxygen atoms in total. The van der Waals surface area contributed by atoms with Crippen molar-refractivity contribution in [2.75, 3.05) is 19.6 Å². The van der Waals surface area contributed by atoms with Crippen LogP contribution in [0.25, 0.3) is 11.0 Å². The van der Waals surface area contributed by atoms with E-state index < -0.39 is 0 Å². The maximum absolute atomic E-state index is 12.4. The molecule has 6 heteroatoms. The third kappa shape index (κ3) is 4.67. The number of benzene rings is 1. The first-order valence-corrected chi connectivity index (χ1v) is 9.83. The van der Waals surface area contributed by atoms with Crippen LogP contribution in [-0.2, 0) is 16.1 Å². The summed E-state index contributed by atoms with van der Waals surface area (Å²) in [7, 11) is 0. The summed E-state index contributed by atoms with van der Waals surface area (Å²) in [6.45, 7) is 8.67. The first kappa shape index (κ1) is 19.4. The zero-order valence-electron chi connectivity index (χ0n) is 16.6. The Morgan fingerprint density at radius 1 is 1.19 bits per heavy atom. The van der Waals surface area contributed by atoms with Crippen LogP contribution in [0.15, 0.2) is 30.6 Å². The van der Waals surface area contributed by atoms with Gasteiger partial charge in [0.05, 0.1) is 17.4 Å². The van der Waals surface area contributed by atoms with Crippen LogP contribution in [0.1, 0.15) is 40.0 Å². The summed E-state index contributed by atoms with van der Waals surface area (Å²) in [5.41, 5.74) is 1.77. The molecule has 0 aliphatic carbocycles. The number of aryl methyl sites for hydroxylation is 1. The number of imidazole rings is 1. The molecule has 27 heavy (non-hydrogen) atoms. The SMILES string of the molecule is CC(C)(C)C(=O)N1CCC(C(=O)NCCCn2cnc3ccccc32)CC1. The first-order valence-electron chi connectivity index (χ1n) is 9.83. The Hall–Kier alpha value is -2.37. The highest BCUT2D eigenvalue weighted by Crippen LogP contribution is 2.23. The van der Waals surface area contributed by atoms with Crippen molar-refractivity contribution in [1.82, 2.24) is 19.8 Å². The molecule has 1 N–H and O–H groups in total. The van der Waals surface area contributed by atoms with E-state index in [1.807, 2.05) is 50.2 Å². The Morgan fingerprint density at radius 2 is 1.89 bits per heavy atom. The van der Waals surface area contributed by atoms with Crippen molar-refractivity contribution < 1.29 is 9.59 Å². The van der Waals surface area contributed by atoms with Gasteiger partial charge >= 0.3 is 0 Å². The quantitative estimate of drug-likeness (QED) is 0.823. The highest BCUT2D eigenvalue weighted by Gasteiger charge is 2.32. The lowest BCUT2D eigenvalue weighted by Gasteiger charge is -2.35. The fourth-order valence-corrected chi connectivity index (χ4v) is 3.61. The second-order valence-corrected chi connectivity index (χ2v) is 8.39. The van der Waals surface area contributed by atoms with E-state index in [9.17, 15) is 9.59 Å². The summed E-state index contributed by atoms with van der Waals surface area (Å²) in [5.74, 6) is 0.311. The Balaban J connectivity index is 1.40. The van der Waals surface area contributed by atoms with E-state index in [1.54, 1.807) is 0 Å². The van der Waals surface area contributed by atoms with Gasteiger partial charge in [0, 0.05) is 37.5 Å². The van der Waals surface area contributed by atoms with Crippen molar-refractivity contribution in [3.05, 3.63) is 30.6 Å². The number of likely N-dealkylation sites (tertiary alicyclic amines) is 1. The zero-order chi connectivity index (χ0) is 19.4. The summed E-state index contributed by atoms with van der Waals surface area (Å²) < 4.78 is 2.12. The second kappa shape index (κ2) is 8.11. The summed E-state index contributed by atoms with van der Waals surface area (Å²) in [5, 5.41) is 3.06. The summed E-state index contributed by atoms with van der Waals surface area (Å²) in [6.07, 6.45) is 4.22. The van der Waals surface area contributed by atoms with Gasteiger partial charge in [0.15, 0.2) is 0 Å². The standard InChI is InChI=1S/C21H30N4O2/c1-21(2,3)20(27)24-13-9-16(10-14-24)19(26)22-11-6-12-25-15-23-17-7-4-5-8-18(17)25/h4-5,7-8,15-16H,6,9-14H2,1-3H3,(H,22,26). The van der Waals surface area contributed by atoms with Crippen molar-refractivity contribution >= 4 is 22.8 Å². The van der Waals surface area contributed by atoms with Gasteiger partial charge in [0.1, 0.15) is 0 Å². The Labute approximate surface area is 160 Å². The number of carbonyl (C=O) groups is 2. The predicted octanol–water partition coefficient (Wildman–Crippen LogP) is 2.83. The van der Waals surface area contributed by atoms with Gasteiger partial charge in [0.2, 0.25) is 11.8 Å². The lowest BCUT2D eigenvalue weighted by Crippen LogP contribution is -2.46. The summed E-state index contributed by atoms with van der Waals surface area (Å²) in [4.78, 5) is 31.0. The lowest BCUT2D eigenvalue weighted by atomic mass is 9.90. The normalized spacial score (nSPS) is 15.9. The zero-order valence-corrected chi connectivity index (χ0v) is 16.6. The average Bonchev–Trinajstić information content (AvgIpc) is 3.07. The number of carbonyl (C=O) groups excluding carboxylic acids is 2. The molecular formula is C21H30N4O2. The topological polar surface area (TPSA) is 67.2 Å². The highest BCUT2D eigenvalue weighted by molar-refractivity contribution is 5.82. The number of piperidine rings is 1. The number of aromatic nitrogens is 2. The molecule has 1 aromatic heterocycles. The van der Waals surface area contributed by atoms with Crippen LogP contribution in [0, 0.1) is 11.3 Å². The number of nitrogens with one attached hydrogen (secondary N) is 1. The number of hydrogen-bond acceptors (Lipinski definition) is 3. The first-order chi connectivity index (χ1) is 12.9. The van der Waals surface area contributed by atoms with Gasteiger partial charge in [-0.15, -0.1) is 0 Å². The third-order valence-electron chi connectivity index (χ3n) is 5.20. The number of amides is 2. The fraction of sp³-hybridized carbons (Fsp3) is 0.571. The molecule has 0 atom stereocenters. The Morgan fingerprint density at radius 3 is 2.59 bits per heavy atom. The number of para-hydroxylation sites is 2. The van der Waals surface area contributed by atoms with Gasteiger partial charge in [-0.2, -0.15) is 0 Å². The van der Waals surface area contributed by atoms with E-state index in [2.05, 4.69) is 20.9 Å². The minimum atomic E-state index is -0.355. The molecule has 2 aromatic rings. The van der Waals surface area contributed by atoms with E-state index in [1.165, 1.54) is 0 Å². The van der Waals surface area contributed by atoms with E-state index in [0.717, 1.165) is 36.8 Å². The molecule has 2 heterocycles. The number of nitrogens with zero attached hydrogens (tertiary/aromatic N) is 3. The molecule has 3 rings (SSSR count). The van der Waals surface area contributed by atoms with Gasteiger partial charge in [0.25, 0.3) is 0 Å². The van der Waals surface area contributed by atoms with E-state index in [0.29, 0.717) is 19.6 Å². The molecule has 1 saturated heterocycles. The molecule has 0 bridgehead atoms.